The predicted octanol–water partition coefficient (Wildman–Crippen LogP) is 3.11. The third-order valence-corrected chi connectivity index (χ3v) is 4.08. The van der Waals surface area contributed by atoms with Gasteiger partial charge < -0.3 is 5.32 Å². The van der Waals surface area contributed by atoms with E-state index in [4.69, 9.17) is 0 Å². The summed E-state index contributed by atoms with van der Waals surface area (Å²) in [6, 6.07) is 7.79. The van der Waals surface area contributed by atoms with E-state index in [9.17, 15) is 4.79 Å². The summed E-state index contributed by atoms with van der Waals surface area (Å²) < 4.78 is 1.75. The van der Waals surface area contributed by atoms with Crippen LogP contribution in [0.2, 0.25) is 0 Å². The number of benzene rings is 1. The van der Waals surface area contributed by atoms with Crippen molar-refractivity contribution in [2.45, 2.75) is 19.8 Å². The van der Waals surface area contributed by atoms with Gasteiger partial charge in [-0.15, -0.1) is 0 Å². The van der Waals surface area contributed by atoms with Crippen LogP contribution in [0.15, 0.2) is 24.3 Å². The van der Waals surface area contributed by atoms with Crippen molar-refractivity contribution < 1.29 is 4.79 Å². The number of nitrogens with zero attached hydrogens (tertiary/aromatic N) is 2. The Bertz CT molecular complexity index is 594. The molecule has 0 bridgehead atoms. The maximum atomic E-state index is 12.3. The number of carbonyl (C=O) groups is 1. The molecule has 1 N–H and O–H groups in total. The fourth-order valence-electron chi connectivity index (χ4n) is 2.31. The summed E-state index contributed by atoms with van der Waals surface area (Å²) in [4.78, 5) is 12.3. The molecule has 5 heteroatoms. The van der Waals surface area contributed by atoms with Gasteiger partial charge in [-0.05, 0) is 18.4 Å². The van der Waals surface area contributed by atoms with E-state index in [0.29, 0.717) is 18.2 Å². The highest BCUT2D eigenvalue weighted by molar-refractivity contribution is 9.09. The number of carbonyl (C=O) groups excluding carboxylic acids is 1. The van der Waals surface area contributed by atoms with Crippen LogP contribution in [0, 0.1) is 5.92 Å². The van der Waals surface area contributed by atoms with Crippen molar-refractivity contribution in [1.29, 1.82) is 0 Å². The Labute approximate surface area is 127 Å². The maximum absolute atomic E-state index is 12.3. The molecule has 0 aliphatic rings. The van der Waals surface area contributed by atoms with Gasteiger partial charge in [0, 0.05) is 24.3 Å². The van der Waals surface area contributed by atoms with Gasteiger partial charge in [-0.3, -0.25) is 9.48 Å². The second-order valence-electron chi connectivity index (χ2n) is 4.95. The molecule has 1 amide bonds. The number of aryl methyl sites for hydroxylation is 1. The number of rotatable bonds is 6. The number of hydrogen-bond donors (Lipinski definition) is 1. The smallest absolute Gasteiger partial charge is 0.272 e. The van der Waals surface area contributed by atoms with E-state index in [1.54, 1.807) is 4.68 Å². The number of para-hydroxylation sites is 1. The fourth-order valence-corrected chi connectivity index (χ4v) is 2.95. The topological polar surface area (TPSA) is 46.9 Å². The van der Waals surface area contributed by atoms with Crippen LogP contribution < -0.4 is 5.32 Å². The third kappa shape index (κ3) is 3.20. The molecule has 2 rings (SSSR count). The summed E-state index contributed by atoms with van der Waals surface area (Å²) in [6.45, 7) is 2.85. The van der Waals surface area contributed by atoms with E-state index in [2.05, 4.69) is 33.3 Å². The summed E-state index contributed by atoms with van der Waals surface area (Å²) in [5.74, 6) is 0.420. The van der Waals surface area contributed by atoms with E-state index in [1.807, 2.05) is 31.3 Å². The lowest BCUT2D eigenvalue weighted by molar-refractivity contribution is 0.0942. The second-order valence-corrected chi connectivity index (χ2v) is 5.74. The van der Waals surface area contributed by atoms with Crippen molar-refractivity contribution in [3.05, 3.63) is 30.0 Å². The number of nitrogens with one attached hydrogen (secondary N) is 1. The molecule has 4 nitrogen and oxygen atoms in total. The Balaban J connectivity index is 2.12. The van der Waals surface area contributed by atoms with Crippen LogP contribution in [-0.2, 0) is 7.05 Å². The number of alkyl halides is 1. The van der Waals surface area contributed by atoms with Crippen molar-refractivity contribution >= 4 is 32.7 Å². The molecule has 2 aromatic rings. The van der Waals surface area contributed by atoms with Crippen LogP contribution in [-0.4, -0.2) is 27.6 Å². The van der Waals surface area contributed by atoms with Crippen LogP contribution in [0.4, 0.5) is 0 Å². The van der Waals surface area contributed by atoms with Gasteiger partial charge >= 0.3 is 0 Å². The minimum absolute atomic E-state index is 0.0881. The van der Waals surface area contributed by atoms with Crippen LogP contribution in [0.5, 0.6) is 0 Å². The minimum Gasteiger partial charge on any atom is -0.350 e. The van der Waals surface area contributed by atoms with Gasteiger partial charge in [-0.1, -0.05) is 47.5 Å². The first-order valence-electron chi connectivity index (χ1n) is 6.93. The number of halogens is 1. The van der Waals surface area contributed by atoms with Crippen LogP contribution in [0.1, 0.15) is 30.3 Å². The molecule has 0 radical (unpaired) electrons. The van der Waals surface area contributed by atoms with E-state index in [1.165, 1.54) is 0 Å². The highest BCUT2D eigenvalue weighted by Crippen LogP contribution is 2.17. The van der Waals surface area contributed by atoms with Gasteiger partial charge in [0.15, 0.2) is 5.69 Å². The summed E-state index contributed by atoms with van der Waals surface area (Å²) >= 11 is 3.45. The zero-order valence-electron chi connectivity index (χ0n) is 11.9. The molecule has 1 unspecified atom stereocenters. The Morgan fingerprint density at radius 3 is 2.90 bits per heavy atom. The standard InChI is InChI=1S/C15H20BrN3O/c1-3-11(8-9-16)10-17-15(20)14-12-6-4-5-7-13(12)19(2)18-14/h4-7,11H,3,8-10H2,1-2H3,(H,17,20). The van der Waals surface area contributed by atoms with Crippen molar-refractivity contribution in [3.8, 4) is 0 Å². The van der Waals surface area contributed by atoms with E-state index < -0.39 is 0 Å². The van der Waals surface area contributed by atoms with E-state index in [-0.39, 0.29) is 5.91 Å². The summed E-state index contributed by atoms with van der Waals surface area (Å²) in [7, 11) is 1.86. The number of amides is 1. The molecule has 1 aromatic carbocycles. The van der Waals surface area contributed by atoms with Crippen molar-refractivity contribution in [2.24, 2.45) is 13.0 Å². The van der Waals surface area contributed by atoms with Crippen LogP contribution in [0.25, 0.3) is 10.9 Å². The highest BCUT2D eigenvalue weighted by atomic mass is 79.9. The first kappa shape index (κ1) is 15.0. The molecule has 0 fully saturated rings. The monoisotopic (exact) mass is 337 g/mol. The van der Waals surface area contributed by atoms with Gasteiger partial charge in [-0.25, -0.2) is 0 Å². The van der Waals surface area contributed by atoms with Crippen LogP contribution >= 0.6 is 15.9 Å². The predicted molar refractivity (Wildman–Crippen MR) is 85.2 cm³/mol. The average Bonchev–Trinajstić information content (AvgIpc) is 2.81. The Kier molecular flexibility index (Phi) is 5.17. The van der Waals surface area contributed by atoms with E-state index >= 15 is 0 Å². The first-order valence-corrected chi connectivity index (χ1v) is 8.05. The SMILES string of the molecule is CCC(CCBr)CNC(=O)c1nn(C)c2ccccc12. The van der Waals surface area contributed by atoms with Crippen LogP contribution in [0.3, 0.4) is 0 Å². The number of aromatic nitrogens is 2. The summed E-state index contributed by atoms with van der Waals surface area (Å²) in [5.41, 5.74) is 1.49. The molecular weight excluding hydrogens is 318 g/mol. The number of fused-ring (bicyclic) bond motifs is 1. The largest absolute Gasteiger partial charge is 0.350 e. The molecular formula is C15H20BrN3O. The molecule has 0 spiro atoms. The van der Waals surface area contributed by atoms with Gasteiger partial charge in [0.05, 0.1) is 5.52 Å². The van der Waals surface area contributed by atoms with E-state index in [0.717, 1.165) is 29.1 Å². The maximum Gasteiger partial charge on any atom is 0.272 e. The molecule has 0 saturated heterocycles. The lowest BCUT2D eigenvalue weighted by atomic mass is 10.0. The van der Waals surface area contributed by atoms with Crippen molar-refractivity contribution in [3.63, 3.8) is 0 Å². The van der Waals surface area contributed by atoms with Gasteiger partial charge in [0.1, 0.15) is 0 Å². The molecule has 20 heavy (non-hydrogen) atoms. The molecule has 1 aromatic heterocycles. The quantitative estimate of drug-likeness (QED) is 0.823. The van der Waals surface area contributed by atoms with Gasteiger partial charge in [0.25, 0.3) is 5.91 Å². The highest BCUT2D eigenvalue weighted by Gasteiger charge is 2.16. The lowest BCUT2D eigenvalue weighted by Gasteiger charge is -2.13. The molecule has 0 saturated carbocycles. The van der Waals surface area contributed by atoms with Crippen molar-refractivity contribution in [2.75, 3.05) is 11.9 Å². The second kappa shape index (κ2) is 6.88. The fraction of sp³-hybridized carbons (Fsp3) is 0.467. The summed E-state index contributed by atoms with van der Waals surface area (Å²) in [5, 5.41) is 9.21. The average molecular weight is 338 g/mol. The van der Waals surface area contributed by atoms with Crippen molar-refractivity contribution in [1.82, 2.24) is 15.1 Å². The minimum atomic E-state index is -0.0881. The first-order chi connectivity index (χ1) is 9.67. The normalized spacial score (nSPS) is 12.6. The lowest BCUT2D eigenvalue weighted by Crippen LogP contribution is -2.29. The molecule has 108 valence electrons. The third-order valence-electron chi connectivity index (χ3n) is 3.62. The zero-order valence-corrected chi connectivity index (χ0v) is 13.5. The molecule has 1 atom stereocenters. The molecule has 0 aliphatic carbocycles. The molecule has 1 heterocycles. The van der Waals surface area contributed by atoms with Gasteiger partial charge in [-0.2, -0.15) is 5.10 Å². The zero-order chi connectivity index (χ0) is 14.5. The molecule has 0 aliphatic heterocycles. The number of hydrogen-bond acceptors (Lipinski definition) is 2. The Morgan fingerprint density at radius 1 is 1.45 bits per heavy atom. The van der Waals surface area contributed by atoms with Gasteiger partial charge in [0.2, 0.25) is 0 Å². The summed E-state index contributed by atoms with van der Waals surface area (Å²) in [6.07, 6.45) is 2.13. The Hall–Kier alpha value is -1.36. The Morgan fingerprint density at radius 2 is 2.20 bits per heavy atom.